The first kappa shape index (κ1) is 18.4. The van der Waals surface area contributed by atoms with Gasteiger partial charge in [-0.25, -0.2) is 0 Å². The molecule has 0 unspecified atom stereocenters. The predicted octanol–water partition coefficient (Wildman–Crippen LogP) is 2.12. The molecule has 1 aliphatic carbocycles. The molecule has 0 saturated heterocycles. The van der Waals surface area contributed by atoms with Crippen LogP contribution >= 0.6 is 15.9 Å². The van der Waals surface area contributed by atoms with E-state index in [2.05, 4.69) is 21.2 Å². The van der Waals surface area contributed by atoms with E-state index in [1.165, 1.54) is 0 Å². The quantitative estimate of drug-likeness (QED) is 0.629. The third-order valence-electron chi connectivity index (χ3n) is 4.98. The summed E-state index contributed by atoms with van der Waals surface area (Å²) >= 11 is 3.37. The number of aliphatic hydroxyl groups is 1. The van der Waals surface area contributed by atoms with Crippen LogP contribution in [0.2, 0.25) is 0 Å². The maximum absolute atomic E-state index is 13.0. The first-order chi connectivity index (χ1) is 12.3. The zero-order chi connectivity index (χ0) is 18.9. The van der Waals surface area contributed by atoms with Crippen LogP contribution in [0.5, 0.6) is 0 Å². The first-order valence-corrected chi connectivity index (χ1v) is 9.10. The second kappa shape index (κ2) is 7.11. The number of nitrogens with zero attached hydrogens (tertiary/aromatic N) is 1. The molecule has 1 aromatic rings. The average molecular weight is 423 g/mol. The Labute approximate surface area is 158 Å². The van der Waals surface area contributed by atoms with E-state index in [4.69, 9.17) is 5.11 Å². The monoisotopic (exact) mass is 422 g/mol. The minimum absolute atomic E-state index is 0.213. The minimum Gasteiger partial charge on any atom is -0.511 e. The third-order valence-corrected chi connectivity index (χ3v) is 5.51. The molecule has 0 radical (unpaired) electrons. The van der Waals surface area contributed by atoms with Gasteiger partial charge in [-0.2, -0.15) is 0 Å². The molecule has 1 saturated carbocycles. The highest BCUT2D eigenvalue weighted by atomic mass is 79.9. The molecule has 7 nitrogen and oxygen atoms in total. The van der Waals surface area contributed by atoms with Gasteiger partial charge in [-0.05, 0) is 37.0 Å². The van der Waals surface area contributed by atoms with Crippen LogP contribution in [-0.2, 0) is 20.9 Å². The van der Waals surface area contributed by atoms with Crippen LogP contribution in [-0.4, -0.2) is 45.0 Å². The highest BCUT2D eigenvalue weighted by Crippen LogP contribution is 2.46. The molecule has 0 atom stereocenters. The molecule has 2 amide bonds. The molecule has 0 bridgehead atoms. The van der Waals surface area contributed by atoms with Gasteiger partial charge in [-0.15, -0.1) is 0 Å². The van der Waals surface area contributed by atoms with Gasteiger partial charge in [0, 0.05) is 17.4 Å². The molecule has 138 valence electrons. The number of aliphatic carboxylic acids is 1. The topological polar surface area (TPSA) is 107 Å². The Hall–Kier alpha value is -2.35. The Morgan fingerprint density at radius 2 is 1.88 bits per heavy atom. The number of benzene rings is 1. The molecule has 0 aromatic heterocycles. The van der Waals surface area contributed by atoms with Gasteiger partial charge in [0.25, 0.3) is 11.8 Å². The zero-order valence-corrected chi connectivity index (χ0v) is 15.6. The lowest BCUT2D eigenvalue weighted by Gasteiger charge is -2.52. The molecular formula is C18H19BrN2O5. The van der Waals surface area contributed by atoms with E-state index in [-0.39, 0.29) is 17.8 Å². The van der Waals surface area contributed by atoms with Gasteiger partial charge in [-0.1, -0.05) is 28.1 Å². The van der Waals surface area contributed by atoms with Crippen molar-refractivity contribution in [1.82, 2.24) is 10.2 Å². The van der Waals surface area contributed by atoms with Crippen molar-refractivity contribution in [3.05, 3.63) is 45.6 Å². The molecule has 1 spiro atoms. The summed E-state index contributed by atoms with van der Waals surface area (Å²) in [7, 11) is 0. The summed E-state index contributed by atoms with van der Waals surface area (Å²) in [6.07, 6.45) is 2.70. The van der Waals surface area contributed by atoms with Crippen molar-refractivity contribution in [1.29, 1.82) is 0 Å². The van der Waals surface area contributed by atoms with Gasteiger partial charge in [0.2, 0.25) is 0 Å². The summed E-state index contributed by atoms with van der Waals surface area (Å²) in [4.78, 5) is 37.5. The molecule has 1 heterocycles. The lowest BCUT2D eigenvalue weighted by molar-refractivity contribution is -0.144. The van der Waals surface area contributed by atoms with Crippen LogP contribution in [0, 0.1) is 0 Å². The number of halogens is 1. The largest absolute Gasteiger partial charge is 0.511 e. The summed E-state index contributed by atoms with van der Waals surface area (Å²) in [6, 6.07) is 7.55. The fourth-order valence-electron chi connectivity index (χ4n) is 3.49. The lowest BCUT2D eigenvalue weighted by atomic mass is 9.70. The summed E-state index contributed by atoms with van der Waals surface area (Å²) < 4.78 is 0.927. The molecule has 2 aliphatic rings. The van der Waals surface area contributed by atoms with Crippen molar-refractivity contribution in [3.8, 4) is 0 Å². The minimum atomic E-state index is -1.22. The van der Waals surface area contributed by atoms with Gasteiger partial charge >= 0.3 is 5.97 Å². The number of amides is 2. The zero-order valence-electron chi connectivity index (χ0n) is 14.0. The van der Waals surface area contributed by atoms with Crippen molar-refractivity contribution in [3.63, 3.8) is 0 Å². The normalized spacial score (nSPS) is 18.7. The van der Waals surface area contributed by atoms with Crippen molar-refractivity contribution in [2.45, 2.75) is 37.8 Å². The van der Waals surface area contributed by atoms with Crippen molar-refractivity contribution >= 4 is 33.7 Å². The van der Waals surface area contributed by atoms with Crippen LogP contribution in [0.4, 0.5) is 0 Å². The Balaban J connectivity index is 1.87. The van der Waals surface area contributed by atoms with Gasteiger partial charge in [-0.3, -0.25) is 14.4 Å². The van der Waals surface area contributed by atoms with E-state index in [1.54, 1.807) is 4.90 Å². The number of rotatable bonds is 5. The standard InChI is InChI=1S/C18H19BrN2O5/c19-12-4-2-11(3-5-12)10-21-17(26)15(16(25)20-9-14(23)24)13(22)8-18(21)6-1-7-18/h2-5,22H,1,6-10H2,(H,20,25)(H,23,24). The van der Waals surface area contributed by atoms with E-state index in [0.717, 1.165) is 29.3 Å². The highest BCUT2D eigenvalue weighted by molar-refractivity contribution is 9.10. The third kappa shape index (κ3) is 3.46. The van der Waals surface area contributed by atoms with Crippen molar-refractivity contribution < 1.29 is 24.6 Å². The maximum atomic E-state index is 13.0. The Bertz CT molecular complexity index is 783. The number of hydrogen-bond acceptors (Lipinski definition) is 4. The molecule has 1 aromatic carbocycles. The van der Waals surface area contributed by atoms with Crippen LogP contribution in [0.15, 0.2) is 40.1 Å². The maximum Gasteiger partial charge on any atom is 0.322 e. The number of hydrogen-bond donors (Lipinski definition) is 3. The SMILES string of the molecule is O=C(O)CNC(=O)C1=C(O)CC2(CCC2)N(Cc2ccc(Br)cc2)C1=O. The van der Waals surface area contributed by atoms with Gasteiger partial charge in [0.05, 0.1) is 5.54 Å². The Morgan fingerprint density at radius 1 is 1.23 bits per heavy atom. The average Bonchev–Trinajstić information content (AvgIpc) is 2.55. The van der Waals surface area contributed by atoms with Crippen molar-refractivity contribution in [2.75, 3.05) is 6.54 Å². The molecule has 1 fully saturated rings. The van der Waals surface area contributed by atoms with Crippen LogP contribution in [0.3, 0.4) is 0 Å². The van der Waals surface area contributed by atoms with Gasteiger partial charge in [0.15, 0.2) is 0 Å². The van der Waals surface area contributed by atoms with E-state index >= 15 is 0 Å². The van der Waals surface area contributed by atoms with E-state index < -0.39 is 29.9 Å². The molecule has 3 rings (SSSR count). The number of aliphatic hydroxyl groups excluding tert-OH is 1. The lowest BCUT2D eigenvalue weighted by Crippen LogP contribution is -2.60. The van der Waals surface area contributed by atoms with Crippen LogP contribution < -0.4 is 5.32 Å². The fourth-order valence-corrected chi connectivity index (χ4v) is 3.75. The molecule has 8 heteroatoms. The summed E-state index contributed by atoms with van der Waals surface area (Å²) in [5.74, 6) is -2.89. The Kier molecular flexibility index (Phi) is 5.04. The van der Waals surface area contributed by atoms with Gasteiger partial charge in [0.1, 0.15) is 17.9 Å². The predicted molar refractivity (Wildman–Crippen MR) is 96.2 cm³/mol. The van der Waals surface area contributed by atoms with E-state index in [0.29, 0.717) is 6.54 Å². The molecule has 26 heavy (non-hydrogen) atoms. The number of carboxylic acids is 1. The van der Waals surface area contributed by atoms with Gasteiger partial charge < -0.3 is 20.4 Å². The fraction of sp³-hybridized carbons (Fsp3) is 0.389. The van der Waals surface area contributed by atoms with Crippen LogP contribution in [0.1, 0.15) is 31.2 Å². The number of carbonyl (C=O) groups excluding carboxylic acids is 2. The Morgan fingerprint density at radius 3 is 2.42 bits per heavy atom. The second-order valence-electron chi connectivity index (χ2n) is 6.67. The summed E-state index contributed by atoms with van der Waals surface area (Å²) in [6.45, 7) is -0.282. The summed E-state index contributed by atoms with van der Waals surface area (Å²) in [5.41, 5.74) is 0.0885. The smallest absolute Gasteiger partial charge is 0.322 e. The molecule has 1 aliphatic heterocycles. The highest BCUT2D eigenvalue weighted by Gasteiger charge is 2.51. The molecule has 3 N–H and O–H groups in total. The van der Waals surface area contributed by atoms with E-state index in [1.807, 2.05) is 24.3 Å². The molecular weight excluding hydrogens is 404 g/mol. The van der Waals surface area contributed by atoms with E-state index in [9.17, 15) is 19.5 Å². The number of nitrogens with one attached hydrogen (secondary N) is 1. The second-order valence-corrected chi connectivity index (χ2v) is 7.59. The van der Waals surface area contributed by atoms with Crippen molar-refractivity contribution in [2.24, 2.45) is 0 Å². The van der Waals surface area contributed by atoms with Crippen LogP contribution in [0.25, 0.3) is 0 Å². The summed E-state index contributed by atoms with van der Waals surface area (Å²) in [5, 5.41) is 21.2. The number of carbonyl (C=O) groups is 3. The first-order valence-electron chi connectivity index (χ1n) is 8.31. The number of carboxylic acid groups (broad SMARTS) is 1.